The SMILES string of the molecule is CCCCCCCCCOc1ccc2c(C(N3CCC(=O)N3)C(F)(F)F)cccc2c1. The van der Waals surface area contributed by atoms with Crippen molar-refractivity contribution in [3.05, 3.63) is 42.0 Å². The van der Waals surface area contributed by atoms with Gasteiger partial charge < -0.3 is 4.74 Å². The molecule has 4 nitrogen and oxygen atoms in total. The van der Waals surface area contributed by atoms with Gasteiger partial charge in [-0.1, -0.05) is 69.7 Å². The van der Waals surface area contributed by atoms with Crippen molar-refractivity contribution in [1.82, 2.24) is 10.4 Å². The lowest BCUT2D eigenvalue weighted by Gasteiger charge is -2.30. The first-order valence-corrected chi connectivity index (χ1v) is 11.2. The van der Waals surface area contributed by atoms with E-state index in [0.29, 0.717) is 23.1 Å². The third-order valence-corrected chi connectivity index (χ3v) is 5.67. The summed E-state index contributed by atoms with van der Waals surface area (Å²) in [5.74, 6) is 0.268. The topological polar surface area (TPSA) is 41.6 Å². The number of benzene rings is 2. The van der Waals surface area contributed by atoms with E-state index >= 15 is 0 Å². The molecule has 1 aliphatic rings. The van der Waals surface area contributed by atoms with Crippen molar-refractivity contribution < 1.29 is 22.7 Å². The van der Waals surface area contributed by atoms with Crippen molar-refractivity contribution in [3.63, 3.8) is 0 Å². The Hall–Kier alpha value is -2.28. The molecule has 3 rings (SSSR count). The van der Waals surface area contributed by atoms with Crippen molar-refractivity contribution >= 4 is 16.7 Å². The van der Waals surface area contributed by atoms with Gasteiger partial charge in [0.2, 0.25) is 5.91 Å². The van der Waals surface area contributed by atoms with Gasteiger partial charge in [0.05, 0.1) is 6.61 Å². The molecular formula is C24H31F3N2O2. The number of amides is 1. The summed E-state index contributed by atoms with van der Waals surface area (Å²) >= 11 is 0. The molecule has 1 heterocycles. The number of nitrogens with one attached hydrogen (secondary N) is 1. The summed E-state index contributed by atoms with van der Waals surface area (Å²) < 4.78 is 47.6. The first-order valence-electron chi connectivity index (χ1n) is 11.2. The fourth-order valence-electron chi connectivity index (χ4n) is 4.07. The molecule has 1 aliphatic heterocycles. The molecule has 1 atom stereocenters. The van der Waals surface area contributed by atoms with Crippen LogP contribution in [-0.2, 0) is 4.79 Å². The maximum absolute atomic E-state index is 13.9. The minimum absolute atomic E-state index is 0.0268. The molecule has 1 N–H and O–H groups in total. The maximum atomic E-state index is 13.9. The minimum Gasteiger partial charge on any atom is -0.494 e. The second-order valence-electron chi connectivity index (χ2n) is 8.12. The highest BCUT2D eigenvalue weighted by Gasteiger charge is 2.47. The van der Waals surface area contributed by atoms with Crippen LogP contribution < -0.4 is 10.2 Å². The largest absolute Gasteiger partial charge is 0.494 e. The Morgan fingerprint density at radius 2 is 1.81 bits per heavy atom. The summed E-state index contributed by atoms with van der Waals surface area (Å²) in [5.41, 5.74) is 2.47. The minimum atomic E-state index is -4.52. The van der Waals surface area contributed by atoms with Crippen molar-refractivity contribution in [3.8, 4) is 5.75 Å². The van der Waals surface area contributed by atoms with Crippen LogP contribution in [0.5, 0.6) is 5.75 Å². The van der Waals surface area contributed by atoms with Gasteiger partial charge in [-0.2, -0.15) is 13.2 Å². The number of alkyl halides is 3. The van der Waals surface area contributed by atoms with Crippen LogP contribution in [0.1, 0.15) is 69.9 Å². The van der Waals surface area contributed by atoms with E-state index in [1.54, 1.807) is 30.3 Å². The molecule has 0 spiro atoms. The molecule has 0 aliphatic carbocycles. The number of hydrogen-bond acceptors (Lipinski definition) is 3. The van der Waals surface area contributed by atoms with Gasteiger partial charge in [-0.15, -0.1) is 0 Å². The number of carbonyl (C=O) groups excluding carboxylic acids is 1. The van der Waals surface area contributed by atoms with E-state index in [4.69, 9.17) is 4.74 Å². The molecule has 0 aromatic heterocycles. The number of hydrogen-bond donors (Lipinski definition) is 1. The van der Waals surface area contributed by atoms with Crippen LogP contribution in [0, 0.1) is 0 Å². The van der Waals surface area contributed by atoms with Crippen molar-refractivity contribution in [2.24, 2.45) is 0 Å². The molecular weight excluding hydrogens is 405 g/mol. The zero-order valence-corrected chi connectivity index (χ0v) is 18.0. The van der Waals surface area contributed by atoms with Gasteiger partial charge in [-0.25, -0.2) is 5.01 Å². The molecule has 2 aromatic carbocycles. The first kappa shape index (κ1) is 23.4. The number of hydrazine groups is 1. The Balaban J connectivity index is 1.67. The molecule has 1 amide bonds. The Morgan fingerprint density at radius 3 is 2.48 bits per heavy atom. The second-order valence-corrected chi connectivity index (χ2v) is 8.12. The number of nitrogens with zero attached hydrogens (tertiary/aromatic N) is 1. The number of unbranched alkanes of at least 4 members (excludes halogenated alkanes) is 6. The van der Waals surface area contributed by atoms with E-state index in [-0.39, 0.29) is 18.5 Å². The molecule has 1 saturated heterocycles. The molecule has 0 bridgehead atoms. The Bertz CT molecular complexity index is 870. The van der Waals surface area contributed by atoms with E-state index in [1.165, 1.54) is 38.2 Å². The van der Waals surface area contributed by atoms with Crippen molar-refractivity contribution in [2.45, 2.75) is 70.5 Å². The van der Waals surface area contributed by atoms with Crippen LogP contribution >= 0.6 is 0 Å². The fourth-order valence-corrected chi connectivity index (χ4v) is 4.07. The summed E-state index contributed by atoms with van der Waals surface area (Å²) in [6.45, 7) is 2.83. The Kier molecular flexibility index (Phi) is 8.18. The molecule has 1 fully saturated rings. The summed E-state index contributed by atoms with van der Waals surface area (Å²) in [4.78, 5) is 11.5. The van der Waals surface area contributed by atoms with E-state index in [2.05, 4.69) is 12.3 Å². The normalized spacial score (nSPS) is 15.9. The van der Waals surface area contributed by atoms with Crippen LogP contribution in [0.2, 0.25) is 0 Å². The number of carbonyl (C=O) groups is 1. The van der Waals surface area contributed by atoms with Crippen LogP contribution in [-0.4, -0.2) is 30.2 Å². The molecule has 31 heavy (non-hydrogen) atoms. The summed E-state index contributed by atoms with van der Waals surface area (Å²) in [6, 6.07) is 8.19. The number of fused-ring (bicyclic) bond motifs is 1. The lowest BCUT2D eigenvalue weighted by Crippen LogP contribution is -2.43. The first-order chi connectivity index (χ1) is 14.9. The number of ether oxygens (including phenoxy) is 1. The van der Waals surface area contributed by atoms with Gasteiger partial charge in [-0.05, 0) is 34.9 Å². The average molecular weight is 437 g/mol. The molecule has 7 heteroatoms. The zero-order chi connectivity index (χ0) is 22.3. The summed E-state index contributed by atoms with van der Waals surface area (Å²) in [5, 5.41) is 2.19. The molecule has 0 saturated carbocycles. The maximum Gasteiger partial charge on any atom is 0.409 e. The van der Waals surface area contributed by atoms with Gasteiger partial charge in [0, 0.05) is 13.0 Å². The number of rotatable bonds is 11. The lowest BCUT2D eigenvalue weighted by molar-refractivity contribution is -0.190. The van der Waals surface area contributed by atoms with Crippen LogP contribution in [0.3, 0.4) is 0 Å². The quantitative estimate of drug-likeness (QED) is 0.420. The van der Waals surface area contributed by atoms with Crippen molar-refractivity contribution in [2.75, 3.05) is 13.2 Å². The smallest absolute Gasteiger partial charge is 0.409 e. The third kappa shape index (κ3) is 6.35. The van der Waals surface area contributed by atoms with Crippen molar-refractivity contribution in [1.29, 1.82) is 0 Å². The van der Waals surface area contributed by atoms with Gasteiger partial charge >= 0.3 is 6.18 Å². The highest BCUT2D eigenvalue weighted by atomic mass is 19.4. The third-order valence-electron chi connectivity index (χ3n) is 5.67. The zero-order valence-electron chi connectivity index (χ0n) is 18.0. The van der Waals surface area contributed by atoms with Crippen LogP contribution in [0.15, 0.2) is 36.4 Å². The van der Waals surface area contributed by atoms with Gasteiger partial charge in [-0.3, -0.25) is 10.2 Å². The predicted octanol–water partition coefficient (Wildman–Crippen LogP) is 6.31. The van der Waals surface area contributed by atoms with Crippen LogP contribution in [0.25, 0.3) is 10.8 Å². The average Bonchev–Trinajstić information content (AvgIpc) is 3.14. The van der Waals surface area contributed by atoms with E-state index in [1.807, 2.05) is 0 Å². The second kappa shape index (κ2) is 10.8. The lowest BCUT2D eigenvalue weighted by atomic mass is 9.97. The molecule has 170 valence electrons. The molecule has 1 unspecified atom stereocenters. The van der Waals surface area contributed by atoms with E-state index in [0.717, 1.165) is 17.9 Å². The molecule has 0 radical (unpaired) electrons. The van der Waals surface area contributed by atoms with Crippen LogP contribution in [0.4, 0.5) is 13.2 Å². The monoisotopic (exact) mass is 436 g/mol. The van der Waals surface area contributed by atoms with E-state index < -0.39 is 18.1 Å². The number of halogens is 3. The standard InChI is InChI=1S/C24H31F3N2O2/c1-2-3-4-5-6-7-8-16-31-19-12-13-20-18(17-19)10-9-11-21(20)23(24(25,26)27)29-15-14-22(30)28-29/h9-13,17,23H,2-8,14-16H2,1H3,(H,28,30). The van der Waals surface area contributed by atoms with Gasteiger partial charge in [0.15, 0.2) is 6.04 Å². The Labute approximate surface area is 181 Å². The van der Waals surface area contributed by atoms with Gasteiger partial charge in [0.25, 0.3) is 0 Å². The predicted molar refractivity (Wildman–Crippen MR) is 116 cm³/mol. The summed E-state index contributed by atoms with van der Waals surface area (Å²) in [7, 11) is 0. The van der Waals surface area contributed by atoms with E-state index in [9.17, 15) is 18.0 Å². The Morgan fingerprint density at radius 1 is 1.06 bits per heavy atom. The molecule has 2 aromatic rings. The highest BCUT2D eigenvalue weighted by molar-refractivity contribution is 5.87. The highest BCUT2D eigenvalue weighted by Crippen LogP contribution is 2.41. The fraction of sp³-hybridized carbons (Fsp3) is 0.542. The van der Waals surface area contributed by atoms with Gasteiger partial charge in [0.1, 0.15) is 5.75 Å². The summed E-state index contributed by atoms with van der Waals surface area (Å²) in [6.07, 6.45) is 3.90.